The molecule has 10 nitrogen and oxygen atoms in total. The van der Waals surface area contributed by atoms with E-state index in [0.717, 1.165) is 36.9 Å². The number of nitrogens with one attached hydrogen (secondary N) is 3. The molecular formula is C24H19F8N7O3. The number of rotatable bonds is 9. The lowest BCUT2D eigenvalue weighted by Gasteiger charge is -2.15. The molecule has 0 aliphatic rings. The van der Waals surface area contributed by atoms with E-state index in [-0.39, 0.29) is 34.8 Å². The zero-order chi connectivity index (χ0) is 31.0. The molecule has 0 unspecified atom stereocenters. The first-order valence-electron chi connectivity index (χ1n) is 11.7. The Morgan fingerprint density at radius 2 is 1.76 bits per heavy atom. The molecule has 0 atom stereocenters. The van der Waals surface area contributed by atoms with Gasteiger partial charge in [0.2, 0.25) is 11.8 Å². The quantitative estimate of drug-likeness (QED) is 0.176. The Balaban J connectivity index is 1.60. The van der Waals surface area contributed by atoms with E-state index in [1.165, 1.54) is 6.07 Å². The van der Waals surface area contributed by atoms with E-state index < -0.39 is 65.6 Å². The minimum absolute atomic E-state index is 0.0819. The maximum Gasteiger partial charge on any atom is 0.435 e. The number of alkyl halides is 8. The van der Waals surface area contributed by atoms with Gasteiger partial charge in [-0.2, -0.15) is 41.4 Å². The fourth-order valence-corrected chi connectivity index (χ4v) is 3.76. The summed E-state index contributed by atoms with van der Waals surface area (Å²) < 4.78 is 111. The normalized spacial score (nSPS) is 12.2. The van der Waals surface area contributed by atoms with Gasteiger partial charge in [-0.15, -0.1) is 0 Å². The number of imidazole rings is 1. The van der Waals surface area contributed by atoms with Gasteiger partial charge in [-0.1, -0.05) is 6.07 Å². The van der Waals surface area contributed by atoms with Crippen molar-refractivity contribution in [3.8, 4) is 5.88 Å². The lowest BCUT2D eigenvalue weighted by atomic mass is 10.1. The number of halogens is 8. The number of H-pyrrole nitrogens is 1. The zero-order valence-electron chi connectivity index (χ0n) is 21.4. The van der Waals surface area contributed by atoms with Crippen LogP contribution in [0.3, 0.4) is 0 Å². The SMILES string of the molecule is CC(=O)c1cc2[nH]c(Nc3cc(CNC(=O)c4cc(C(F)(F)F)nn4C)ccc3C(F)(F)F)nc2nc1OCC(F)F. The minimum Gasteiger partial charge on any atom is -0.471 e. The fraction of sp³-hybridized carbons (Fsp3) is 0.292. The largest absolute Gasteiger partial charge is 0.471 e. The van der Waals surface area contributed by atoms with E-state index in [1.54, 1.807) is 0 Å². The second-order valence-corrected chi connectivity index (χ2v) is 8.78. The summed E-state index contributed by atoms with van der Waals surface area (Å²) in [6.45, 7) is -0.291. The Kier molecular flexibility index (Phi) is 8.09. The summed E-state index contributed by atoms with van der Waals surface area (Å²) in [7, 11) is 1.12. The molecule has 0 aliphatic heterocycles. The molecule has 18 heteroatoms. The van der Waals surface area contributed by atoms with E-state index in [1.807, 2.05) is 0 Å². The molecule has 1 amide bonds. The summed E-state index contributed by atoms with van der Waals surface area (Å²) in [6, 6.07) is 4.55. The smallest absolute Gasteiger partial charge is 0.435 e. The summed E-state index contributed by atoms with van der Waals surface area (Å²) in [5, 5.41) is 8.01. The van der Waals surface area contributed by atoms with E-state index in [4.69, 9.17) is 4.74 Å². The molecule has 0 saturated carbocycles. The molecule has 1 aromatic carbocycles. The molecule has 0 spiro atoms. The number of aryl methyl sites for hydroxylation is 1. The number of carbonyl (C=O) groups excluding carboxylic acids is 2. The van der Waals surface area contributed by atoms with E-state index >= 15 is 0 Å². The summed E-state index contributed by atoms with van der Waals surface area (Å²) in [5.74, 6) is -2.23. The van der Waals surface area contributed by atoms with Crippen LogP contribution in [0, 0.1) is 0 Å². The van der Waals surface area contributed by atoms with E-state index in [9.17, 15) is 44.7 Å². The molecular weight excluding hydrogens is 586 g/mol. The first-order chi connectivity index (χ1) is 19.5. The topological polar surface area (TPSA) is 127 Å². The number of ketones is 1. The standard InChI is InChI=1S/C24H19F8N7O3/c1-10(40)12-6-15-19(36-21(12)42-9-18(25)26)37-22(35-15)34-14-5-11(3-4-13(14)23(27,28)29)8-33-20(41)16-7-17(24(30,31)32)38-39(16)2/h3-7,18H,8-9H2,1-2H3,(H,33,41)(H2,34,35,36,37). The number of pyridine rings is 1. The van der Waals surface area contributed by atoms with Crippen molar-refractivity contribution in [1.29, 1.82) is 0 Å². The lowest BCUT2D eigenvalue weighted by molar-refractivity contribution is -0.141. The van der Waals surface area contributed by atoms with Crippen molar-refractivity contribution < 1.29 is 49.4 Å². The maximum atomic E-state index is 13.7. The van der Waals surface area contributed by atoms with Gasteiger partial charge in [0, 0.05) is 19.7 Å². The molecule has 0 radical (unpaired) electrons. The third-order valence-electron chi connectivity index (χ3n) is 5.66. The number of aromatic amines is 1. The summed E-state index contributed by atoms with van der Waals surface area (Å²) in [5.41, 5.74) is -3.47. The minimum atomic E-state index is -4.84. The Labute approximate surface area is 230 Å². The first kappa shape index (κ1) is 30.2. The van der Waals surface area contributed by atoms with Crippen molar-refractivity contribution in [3.63, 3.8) is 0 Å². The van der Waals surface area contributed by atoms with Crippen molar-refractivity contribution >= 4 is 34.5 Å². The Hall–Kier alpha value is -4.77. The summed E-state index contributed by atoms with van der Waals surface area (Å²) in [6.07, 6.45) is -12.5. The van der Waals surface area contributed by atoms with Gasteiger partial charge in [-0.25, -0.2) is 8.78 Å². The number of carbonyl (C=O) groups is 2. The van der Waals surface area contributed by atoms with Gasteiger partial charge in [0.15, 0.2) is 23.7 Å². The van der Waals surface area contributed by atoms with Crippen molar-refractivity contribution in [1.82, 2.24) is 30.0 Å². The van der Waals surface area contributed by atoms with Crippen LogP contribution in [-0.2, 0) is 25.9 Å². The molecule has 0 bridgehead atoms. The number of anilines is 2. The number of ether oxygens (including phenoxy) is 1. The van der Waals surface area contributed by atoms with Crippen LogP contribution >= 0.6 is 0 Å². The fourth-order valence-electron chi connectivity index (χ4n) is 3.76. The number of fused-ring (bicyclic) bond motifs is 1. The molecule has 3 aromatic heterocycles. The van der Waals surface area contributed by atoms with E-state index in [2.05, 4.69) is 30.7 Å². The molecule has 3 heterocycles. The Morgan fingerprint density at radius 3 is 2.36 bits per heavy atom. The highest BCUT2D eigenvalue weighted by Crippen LogP contribution is 2.37. The van der Waals surface area contributed by atoms with Crippen molar-refractivity contribution in [2.45, 2.75) is 32.2 Å². The molecule has 4 aromatic rings. The highest BCUT2D eigenvalue weighted by atomic mass is 19.4. The third-order valence-corrected chi connectivity index (χ3v) is 5.66. The average Bonchev–Trinajstić information content (AvgIpc) is 3.47. The highest BCUT2D eigenvalue weighted by molar-refractivity contribution is 5.99. The van der Waals surface area contributed by atoms with Crippen LogP contribution in [0.4, 0.5) is 46.8 Å². The van der Waals surface area contributed by atoms with Crippen LogP contribution < -0.4 is 15.4 Å². The third kappa shape index (κ3) is 6.74. The second-order valence-electron chi connectivity index (χ2n) is 8.78. The van der Waals surface area contributed by atoms with Gasteiger partial charge in [-0.05, 0) is 30.7 Å². The predicted octanol–water partition coefficient (Wildman–Crippen LogP) is 5.25. The average molecular weight is 605 g/mol. The molecule has 224 valence electrons. The molecule has 0 saturated heterocycles. The molecule has 42 heavy (non-hydrogen) atoms. The van der Waals surface area contributed by atoms with Crippen LogP contribution in [0.25, 0.3) is 11.2 Å². The predicted molar refractivity (Wildman–Crippen MR) is 129 cm³/mol. The number of amides is 1. The molecule has 4 rings (SSSR count). The van der Waals surface area contributed by atoms with Gasteiger partial charge >= 0.3 is 12.4 Å². The Bertz CT molecular complexity index is 1640. The van der Waals surface area contributed by atoms with Crippen molar-refractivity contribution in [3.05, 3.63) is 58.4 Å². The van der Waals surface area contributed by atoms with E-state index in [0.29, 0.717) is 6.07 Å². The van der Waals surface area contributed by atoms with Gasteiger partial charge < -0.3 is 20.4 Å². The second kappa shape index (κ2) is 11.2. The van der Waals surface area contributed by atoms with Crippen molar-refractivity contribution in [2.24, 2.45) is 7.05 Å². The number of aromatic nitrogens is 5. The number of hydrogen-bond acceptors (Lipinski definition) is 7. The monoisotopic (exact) mass is 605 g/mol. The Morgan fingerprint density at radius 1 is 1.05 bits per heavy atom. The van der Waals surface area contributed by atoms with Crippen molar-refractivity contribution in [2.75, 3.05) is 11.9 Å². The number of nitrogens with zero attached hydrogens (tertiary/aromatic N) is 4. The van der Waals surface area contributed by atoms with Gasteiger partial charge in [0.05, 0.1) is 22.3 Å². The summed E-state index contributed by atoms with van der Waals surface area (Å²) >= 11 is 0. The first-order valence-corrected chi connectivity index (χ1v) is 11.7. The number of hydrogen-bond donors (Lipinski definition) is 3. The van der Waals surface area contributed by atoms with Gasteiger partial charge in [0.25, 0.3) is 12.3 Å². The molecule has 0 fully saturated rings. The van der Waals surface area contributed by atoms with Crippen LogP contribution in [0.15, 0.2) is 30.3 Å². The van der Waals surface area contributed by atoms with Crippen LogP contribution in [0.5, 0.6) is 5.88 Å². The van der Waals surface area contributed by atoms with Gasteiger partial charge in [0.1, 0.15) is 5.69 Å². The van der Waals surface area contributed by atoms with Gasteiger partial charge in [-0.3, -0.25) is 14.3 Å². The number of Topliss-reactive ketones (excluding diaryl/α,β-unsaturated/α-hetero) is 1. The maximum absolute atomic E-state index is 13.7. The number of benzene rings is 1. The summed E-state index contributed by atoms with van der Waals surface area (Å²) in [4.78, 5) is 34.9. The van der Waals surface area contributed by atoms with Crippen LogP contribution in [0.2, 0.25) is 0 Å². The lowest BCUT2D eigenvalue weighted by Crippen LogP contribution is -2.25. The highest BCUT2D eigenvalue weighted by Gasteiger charge is 2.36. The van der Waals surface area contributed by atoms with Crippen LogP contribution in [0.1, 0.15) is 44.6 Å². The molecule has 3 N–H and O–H groups in total. The molecule has 0 aliphatic carbocycles. The zero-order valence-corrected chi connectivity index (χ0v) is 21.4. The van der Waals surface area contributed by atoms with Crippen LogP contribution in [-0.4, -0.2) is 49.5 Å².